The van der Waals surface area contributed by atoms with Crippen molar-refractivity contribution in [2.45, 2.75) is 31.6 Å². The summed E-state index contributed by atoms with van der Waals surface area (Å²) >= 11 is 0. The topological polar surface area (TPSA) is 109 Å². The Labute approximate surface area is 202 Å². The third-order valence-electron chi connectivity index (χ3n) is 5.72. The second kappa shape index (κ2) is 10.8. The molecule has 1 saturated carbocycles. The fraction of sp³-hybridized carbons (Fsp3) is 0.320. The number of hydrogen-bond donors (Lipinski definition) is 4. The number of rotatable bonds is 9. The van der Waals surface area contributed by atoms with Crippen molar-refractivity contribution in [2.24, 2.45) is 0 Å². The number of nitrogens with zero attached hydrogens (tertiary/aromatic N) is 2. The number of carbonyl (C=O) groups is 1. The van der Waals surface area contributed by atoms with Gasteiger partial charge in [-0.2, -0.15) is 4.98 Å². The van der Waals surface area contributed by atoms with E-state index in [1.807, 2.05) is 30.3 Å². The Bertz CT molecular complexity index is 1170. The summed E-state index contributed by atoms with van der Waals surface area (Å²) in [6.07, 6.45) is 3.14. The Morgan fingerprint density at radius 1 is 1.20 bits per heavy atom. The Balaban J connectivity index is 1.14. The van der Waals surface area contributed by atoms with Crippen LogP contribution >= 0.6 is 0 Å². The lowest BCUT2D eigenvalue weighted by molar-refractivity contribution is 0.0277. The summed E-state index contributed by atoms with van der Waals surface area (Å²) < 4.78 is 19.6. The molecular formula is C25H27FN6O3. The number of benzene rings is 2. The maximum Gasteiger partial charge on any atom is 0.255 e. The molecule has 1 aromatic heterocycles. The normalized spacial score (nSPS) is 17.6. The largest absolute Gasteiger partial charge is 0.371 e. The van der Waals surface area contributed by atoms with E-state index in [1.54, 1.807) is 18.2 Å². The van der Waals surface area contributed by atoms with Crippen LogP contribution in [0.5, 0.6) is 0 Å². The maximum atomic E-state index is 13.8. The van der Waals surface area contributed by atoms with E-state index >= 15 is 0 Å². The van der Waals surface area contributed by atoms with Crippen LogP contribution in [-0.2, 0) is 16.2 Å². The first kappa shape index (κ1) is 23.2. The third-order valence-corrected chi connectivity index (χ3v) is 5.72. The number of aromatic nitrogens is 2. The number of anilines is 3. The van der Waals surface area contributed by atoms with Gasteiger partial charge in [0.2, 0.25) is 5.95 Å². The third kappa shape index (κ3) is 6.30. The Hall–Kier alpha value is -3.60. The SMILES string of the molecule is O=C(Nc1ccc(C2CNCCO2)cc1)c1cccc(CONc2ncc(F)c(NC3CC3)n2)c1. The van der Waals surface area contributed by atoms with E-state index in [9.17, 15) is 9.18 Å². The molecule has 2 aliphatic rings. The molecule has 1 atom stereocenters. The van der Waals surface area contributed by atoms with Crippen molar-refractivity contribution in [1.29, 1.82) is 0 Å². The van der Waals surface area contributed by atoms with Crippen LogP contribution in [0, 0.1) is 5.82 Å². The number of morpholine rings is 1. The molecule has 3 aromatic rings. The molecule has 1 aliphatic carbocycles. The molecule has 1 amide bonds. The van der Waals surface area contributed by atoms with Gasteiger partial charge in [-0.25, -0.2) is 14.9 Å². The van der Waals surface area contributed by atoms with Gasteiger partial charge in [-0.05, 0) is 48.2 Å². The lowest BCUT2D eigenvalue weighted by Gasteiger charge is -2.24. The summed E-state index contributed by atoms with van der Waals surface area (Å²) in [4.78, 5) is 26.2. The molecule has 1 saturated heterocycles. The number of hydrogen-bond acceptors (Lipinski definition) is 8. The first-order valence-corrected chi connectivity index (χ1v) is 11.6. The minimum absolute atomic E-state index is 0.0279. The molecule has 1 aliphatic heterocycles. The van der Waals surface area contributed by atoms with E-state index < -0.39 is 5.82 Å². The molecule has 10 heteroatoms. The van der Waals surface area contributed by atoms with Crippen LogP contribution in [0.2, 0.25) is 0 Å². The van der Waals surface area contributed by atoms with Gasteiger partial charge in [0.15, 0.2) is 11.6 Å². The molecule has 2 fully saturated rings. The van der Waals surface area contributed by atoms with Crippen molar-refractivity contribution in [3.8, 4) is 0 Å². The van der Waals surface area contributed by atoms with E-state index in [0.29, 0.717) is 17.9 Å². The van der Waals surface area contributed by atoms with E-state index in [0.717, 1.165) is 43.3 Å². The zero-order chi connectivity index (χ0) is 24.0. The van der Waals surface area contributed by atoms with Gasteiger partial charge in [0.25, 0.3) is 5.91 Å². The van der Waals surface area contributed by atoms with Crippen LogP contribution < -0.4 is 21.4 Å². The van der Waals surface area contributed by atoms with E-state index in [1.165, 1.54) is 0 Å². The van der Waals surface area contributed by atoms with Gasteiger partial charge < -0.3 is 20.7 Å². The van der Waals surface area contributed by atoms with Crippen molar-refractivity contribution < 1.29 is 18.8 Å². The highest BCUT2D eigenvalue weighted by atomic mass is 19.1. The van der Waals surface area contributed by atoms with Crippen LogP contribution in [-0.4, -0.2) is 41.6 Å². The zero-order valence-electron chi connectivity index (χ0n) is 19.1. The molecular weight excluding hydrogens is 451 g/mol. The first-order chi connectivity index (χ1) is 17.1. The van der Waals surface area contributed by atoms with Gasteiger partial charge >= 0.3 is 0 Å². The van der Waals surface area contributed by atoms with E-state index in [-0.39, 0.29) is 36.4 Å². The molecule has 0 bridgehead atoms. The molecule has 4 N–H and O–H groups in total. The Morgan fingerprint density at radius 3 is 2.83 bits per heavy atom. The number of nitrogens with one attached hydrogen (secondary N) is 4. The molecule has 1 unspecified atom stereocenters. The highest BCUT2D eigenvalue weighted by Gasteiger charge is 2.23. The summed E-state index contributed by atoms with van der Waals surface area (Å²) in [5.74, 6) is -0.416. The average Bonchev–Trinajstić information content (AvgIpc) is 3.71. The lowest BCUT2D eigenvalue weighted by Crippen LogP contribution is -2.33. The monoisotopic (exact) mass is 478 g/mol. The minimum atomic E-state index is -0.505. The predicted octanol–water partition coefficient (Wildman–Crippen LogP) is 3.65. The van der Waals surface area contributed by atoms with Crippen molar-refractivity contribution in [2.75, 3.05) is 35.8 Å². The van der Waals surface area contributed by atoms with Gasteiger partial charge in [0.1, 0.15) is 0 Å². The second-order valence-electron chi connectivity index (χ2n) is 8.54. The molecule has 9 nitrogen and oxygen atoms in total. The minimum Gasteiger partial charge on any atom is -0.371 e. The summed E-state index contributed by atoms with van der Waals surface area (Å²) in [6.45, 7) is 2.50. The van der Waals surface area contributed by atoms with Crippen LogP contribution in [0.1, 0.15) is 40.4 Å². The quantitative estimate of drug-likeness (QED) is 0.345. The first-order valence-electron chi connectivity index (χ1n) is 11.6. The van der Waals surface area contributed by atoms with Crippen LogP contribution in [0.15, 0.2) is 54.7 Å². The van der Waals surface area contributed by atoms with Gasteiger partial charge in [0.05, 0.1) is 25.5 Å². The molecule has 182 valence electrons. The predicted molar refractivity (Wildman–Crippen MR) is 129 cm³/mol. The van der Waals surface area contributed by atoms with Gasteiger partial charge in [-0.1, -0.05) is 24.3 Å². The molecule has 5 rings (SSSR count). The Kier molecular flexibility index (Phi) is 7.12. The van der Waals surface area contributed by atoms with Crippen molar-refractivity contribution in [3.63, 3.8) is 0 Å². The van der Waals surface area contributed by atoms with Gasteiger partial charge in [-0.15, -0.1) is 0 Å². The maximum absolute atomic E-state index is 13.8. The lowest BCUT2D eigenvalue weighted by atomic mass is 10.1. The van der Waals surface area contributed by atoms with Crippen LogP contribution in [0.3, 0.4) is 0 Å². The smallest absolute Gasteiger partial charge is 0.255 e. The molecule has 2 aromatic carbocycles. The fourth-order valence-corrected chi connectivity index (χ4v) is 3.69. The average molecular weight is 479 g/mol. The van der Waals surface area contributed by atoms with Gasteiger partial charge in [0, 0.05) is 30.4 Å². The van der Waals surface area contributed by atoms with E-state index in [2.05, 4.69) is 31.4 Å². The molecule has 0 radical (unpaired) electrons. The Morgan fingerprint density at radius 2 is 2.06 bits per heavy atom. The molecule has 0 spiro atoms. The van der Waals surface area contributed by atoms with Crippen molar-refractivity contribution >= 4 is 23.4 Å². The van der Waals surface area contributed by atoms with Crippen molar-refractivity contribution in [1.82, 2.24) is 15.3 Å². The fourth-order valence-electron chi connectivity index (χ4n) is 3.69. The second-order valence-corrected chi connectivity index (χ2v) is 8.54. The van der Waals surface area contributed by atoms with E-state index in [4.69, 9.17) is 9.57 Å². The van der Waals surface area contributed by atoms with Crippen LogP contribution in [0.4, 0.5) is 21.8 Å². The van der Waals surface area contributed by atoms with Crippen molar-refractivity contribution in [3.05, 3.63) is 77.2 Å². The number of amides is 1. The number of carbonyl (C=O) groups excluding carboxylic acids is 1. The number of halogens is 1. The standard InChI is InChI=1S/C25H27FN6O3/c26-21-13-28-25(31-23(21)29-19-8-9-19)32-35-15-16-2-1-3-18(12-16)24(33)30-20-6-4-17(5-7-20)22-14-27-10-11-34-22/h1-7,12-13,19,22,27H,8-11,14-15H2,(H,30,33)(H2,28,29,31,32). The summed E-state index contributed by atoms with van der Waals surface area (Å²) in [5, 5.41) is 9.24. The molecule has 35 heavy (non-hydrogen) atoms. The zero-order valence-corrected chi connectivity index (χ0v) is 19.1. The number of ether oxygens (including phenoxy) is 1. The summed E-state index contributed by atoms with van der Waals surface area (Å²) in [7, 11) is 0. The highest BCUT2D eigenvalue weighted by molar-refractivity contribution is 6.04. The summed E-state index contributed by atoms with van der Waals surface area (Å²) in [5.41, 5.74) is 5.69. The van der Waals surface area contributed by atoms with Crippen LogP contribution in [0.25, 0.3) is 0 Å². The summed E-state index contributed by atoms with van der Waals surface area (Å²) in [6, 6.07) is 15.1. The highest BCUT2D eigenvalue weighted by Crippen LogP contribution is 2.25. The molecule has 2 heterocycles. The van der Waals surface area contributed by atoms with Gasteiger partial charge in [-0.3, -0.25) is 9.63 Å².